The summed E-state index contributed by atoms with van der Waals surface area (Å²) in [4.78, 5) is 11.6. The fraction of sp³-hybridized carbons (Fsp3) is 0.958. The predicted molar refractivity (Wildman–Crippen MR) is 122 cm³/mol. The van der Waals surface area contributed by atoms with Gasteiger partial charge < -0.3 is 33.9 Å². The highest BCUT2D eigenvalue weighted by Gasteiger charge is 2.62. The maximum atomic E-state index is 15.0. The quantitative estimate of drug-likeness (QED) is 0.269. The van der Waals surface area contributed by atoms with Crippen molar-refractivity contribution in [1.29, 1.82) is 0 Å². The molecular formula is C24H45FO8. The minimum atomic E-state index is -2.74. The van der Waals surface area contributed by atoms with E-state index in [4.69, 9.17) is 23.7 Å². The van der Waals surface area contributed by atoms with Crippen LogP contribution in [-0.2, 0) is 28.5 Å². The van der Waals surface area contributed by atoms with Gasteiger partial charge in [-0.3, -0.25) is 0 Å². The molecule has 196 valence electrons. The third kappa shape index (κ3) is 9.38. The van der Waals surface area contributed by atoms with Crippen LogP contribution in [0.1, 0.15) is 79.1 Å². The van der Waals surface area contributed by atoms with Crippen molar-refractivity contribution in [2.45, 2.75) is 115 Å². The molecule has 8 nitrogen and oxygen atoms in total. The Labute approximate surface area is 198 Å². The molecule has 1 fully saturated rings. The summed E-state index contributed by atoms with van der Waals surface area (Å²) >= 11 is 0. The summed E-state index contributed by atoms with van der Waals surface area (Å²) < 4.78 is 44.5. The van der Waals surface area contributed by atoms with E-state index in [9.17, 15) is 19.4 Å². The number of aliphatic hydroxyl groups is 1. The molecule has 1 saturated heterocycles. The smallest absolute Gasteiger partial charge is 0.344 e. The van der Waals surface area contributed by atoms with E-state index in [0.29, 0.717) is 26.2 Å². The zero-order chi connectivity index (χ0) is 24.7. The van der Waals surface area contributed by atoms with Crippen molar-refractivity contribution in [3.63, 3.8) is 0 Å². The molecule has 0 spiro atoms. The van der Waals surface area contributed by atoms with Crippen LogP contribution in [-0.4, -0.2) is 85.6 Å². The van der Waals surface area contributed by atoms with Crippen LogP contribution in [0, 0.1) is 0 Å². The monoisotopic (exact) mass is 480 g/mol. The molecule has 1 aliphatic heterocycles. The number of carboxylic acid groups (broad SMARTS) is 1. The normalized spacial score (nSPS) is 28.7. The van der Waals surface area contributed by atoms with Crippen LogP contribution in [0.15, 0.2) is 0 Å². The van der Waals surface area contributed by atoms with Crippen molar-refractivity contribution in [2.75, 3.05) is 33.0 Å². The molecule has 0 aromatic rings. The van der Waals surface area contributed by atoms with Crippen LogP contribution >= 0.6 is 0 Å². The Balaban J connectivity index is 3.29. The molecule has 1 unspecified atom stereocenters. The molecule has 0 amide bonds. The van der Waals surface area contributed by atoms with Gasteiger partial charge in [0.15, 0.2) is 0 Å². The Kier molecular flexibility index (Phi) is 15.3. The van der Waals surface area contributed by atoms with Gasteiger partial charge in [0.2, 0.25) is 5.79 Å². The summed E-state index contributed by atoms with van der Waals surface area (Å²) in [5.74, 6) is -4.57. The van der Waals surface area contributed by atoms with Gasteiger partial charge in [-0.2, -0.15) is 0 Å². The zero-order valence-electron chi connectivity index (χ0n) is 20.8. The van der Waals surface area contributed by atoms with E-state index in [0.717, 1.165) is 44.9 Å². The van der Waals surface area contributed by atoms with Gasteiger partial charge in [-0.25, -0.2) is 9.18 Å². The average Bonchev–Trinajstić information content (AvgIpc) is 2.79. The lowest BCUT2D eigenvalue weighted by molar-refractivity contribution is -0.380. The molecule has 33 heavy (non-hydrogen) atoms. The standard InChI is InChI=1S/C24H45FO8/c1-5-9-13-29-17-18-19(30-14-10-6-2)20(31-15-11-7-3)22(32-16-12-8-4)24(28,33-18)21(25)23(26)27/h18-22,28H,5-17H2,1-4H3,(H,26,27)/t18-,19-,20+,21?,22-,24+/m1/s1. The maximum absolute atomic E-state index is 15.0. The average molecular weight is 481 g/mol. The minimum Gasteiger partial charge on any atom is -0.479 e. The summed E-state index contributed by atoms with van der Waals surface area (Å²) in [5.41, 5.74) is 0. The second-order valence-corrected chi connectivity index (χ2v) is 8.56. The van der Waals surface area contributed by atoms with Gasteiger partial charge in [0.1, 0.15) is 24.4 Å². The van der Waals surface area contributed by atoms with E-state index in [1.54, 1.807) is 0 Å². The van der Waals surface area contributed by atoms with E-state index in [1.807, 2.05) is 27.7 Å². The molecule has 2 N–H and O–H groups in total. The van der Waals surface area contributed by atoms with E-state index in [2.05, 4.69) is 0 Å². The highest BCUT2D eigenvalue weighted by molar-refractivity contribution is 5.73. The summed E-state index contributed by atoms with van der Waals surface area (Å²) in [6, 6.07) is 0. The van der Waals surface area contributed by atoms with Gasteiger partial charge >= 0.3 is 5.97 Å². The molecular weight excluding hydrogens is 435 g/mol. The predicted octanol–water partition coefficient (Wildman–Crippen LogP) is 3.87. The number of aliphatic carboxylic acids is 1. The van der Waals surface area contributed by atoms with E-state index < -0.39 is 42.3 Å². The van der Waals surface area contributed by atoms with Crippen LogP contribution in [0.3, 0.4) is 0 Å². The van der Waals surface area contributed by atoms with Crippen molar-refractivity contribution in [2.24, 2.45) is 0 Å². The maximum Gasteiger partial charge on any atom is 0.344 e. The third-order valence-electron chi connectivity index (χ3n) is 5.65. The Morgan fingerprint density at radius 3 is 1.88 bits per heavy atom. The molecule has 0 aliphatic carbocycles. The van der Waals surface area contributed by atoms with Crippen LogP contribution in [0.5, 0.6) is 0 Å². The van der Waals surface area contributed by atoms with Crippen molar-refractivity contribution in [3.8, 4) is 0 Å². The fourth-order valence-electron chi connectivity index (χ4n) is 3.63. The summed E-state index contributed by atoms with van der Waals surface area (Å²) in [6.45, 7) is 9.49. The molecule has 0 bridgehead atoms. The molecule has 9 heteroatoms. The van der Waals surface area contributed by atoms with E-state index in [1.165, 1.54) is 0 Å². The van der Waals surface area contributed by atoms with Gasteiger partial charge in [-0.15, -0.1) is 0 Å². The van der Waals surface area contributed by atoms with Crippen molar-refractivity contribution in [3.05, 3.63) is 0 Å². The summed E-state index contributed by atoms with van der Waals surface area (Å²) in [5, 5.41) is 20.7. The Morgan fingerprint density at radius 1 is 0.879 bits per heavy atom. The highest BCUT2D eigenvalue weighted by atomic mass is 19.1. The summed E-state index contributed by atoms with van der Waals surface area (Å²) in [7, 11) is 0. The molecule has 1 aliphatic rings. The first-order chi connectivity index (χ1) is 15.9. The molecule has 0 aromatic heterocycles. The van der Waals surface area contributed by atoms with Crippen molar-refractivity contribution in [1.82, 2.24) is 0 Å². The molecule has 6 atom stereocenters. The fourth-order valence-corrected chi connectivity index (χ4v) is 3.63. The topological polar surface area (TPSA) is 104 Å². The van der Waals surface area contributed by atoms with Gasteiger partial charge in [-0.1, -0.05) is 53.4 Å². The number of carbonyl (C=O) groups is 1. The Hall–Kier alpha value is -0.840. The van der Waals surface area contributed by atoms with Crippen molar-refractivity contribution >= 4 is 5.97 Å². The Bertz CT molecular complexity index is 523. The number of hydrogen-bond acceptors (Lipinski definition) is 7. The zero-order valence-corrected chi connectivity index (χ0v) is 20.8. The lowest BCUT2D eigenvalue weighted by Gasteiger charge is -2.50. The van der Waals surface area contributed by atoms with Gasteiger partial charge in [0, 0.05) is 26.4 Å². The molecule has 0 radical (unpaired) electrons. The van der Waals surface area contributed by atoms with Gasteiger partial charge in [-0.05, 0) is 25.7 Å². The first kappa shape index (κ1) is 30.2. The van der Waals surface area contributed by atoms with Crippen LogP contribution < -0.4 is 0 Å². The molecule has 0 saturated carbocycles. The minimum absolute atomic E-state index is 0.0146. The summed E-state index contributed by atoms with van der Waals surface area (Å²) in [6.07, 6.45) is -0.0581. The largest absolute Gasteiger partial charge is 0.479 e. The number of ether oxygens (including phenoxy) is 5. The lowest BCUT2D eigenvalue weighted by atomic mass is 9.89. The molecule has 0 aromatic carbocycles. The second kappa shape index (κ2) is 16.7. The SMILES string of the molecule is CCCCOC[C@H]1O[C@@](O)(C(F)C(=O)O)[C@H](OCCCC)[C@@H](OCCCC)[C@@H]1OCCCC. The first-order valence-electron chi connectivity index (χ1n) is 12.6. The molecule has 1 rings (SSSR count). The van der Waals surface area contributed by atoms with Crippen LogP contribution in [0.2, 0.25) is 0 Å². The number of hydrogen-bond donors (Lipinski definition) is 2. The van der Waals surface area contributed by atoms with Crippen LogP contribution in [0.4, 0.5) is 4.39 Å². The van der Waals surface area contributed by atoms with Gasteiger partial charge in [0.25, 0.3) is 6.17 Å². The first-order valence-corrected chi connectivity index (χ1v) is 12.6. The second-order valence-electron chi connectivity index (χ2n) is 8.56. The van der Waals surface area contributed by atoms with Crippen molar-refractivity contribution < 1.29 is 43.1 Å². The number of alkyl halides is 1. The third-order valence-corrected chi connectivity index (χ3v) is 5.65. The number of halogens is 1. The van der Waals surface area contributed by atoms with E-state index in [-0.39, 0.29) is 13.2 Å². The number of carboxylic acids is 1. The molecule has 1 heterocycles. The van der Waals surface area contributed by atoms with E-state index >= 15 is 0 Å². The highest BCUT2D eigenvalue weighted by Crippen LogP contribution is 2.38. The Morgan fingerprint density at radius 2 is 1.36 bits per heavy atom. The number of unbranched alkanes of at least 4 members (excludes halogenated alkanes) is 4. The van der Waals surface area contributed by atoms with Gasteiger partial charge in [0.05, 0.1) is 6.61 Å². The lowest BCUT2D eigenvalue weighted by Crippen LogP contribution is -2.71. The number of rotatable bonds is 19. The van der Waals surface area contributed by atoms with Crippen LogP contribution in [0.25, 0.3) is 0 Å².